The third-order valence-corrected chi connectivity index (χ3v) is 3.72. The van der Waals surface area contributed by atoms with Crippen LogP contribution >= 0.6 is 0 Å². The summed E-state index contributed by atoms with van der Waals surface area (Å²) in [4.78, 5) is 36.8. The fourth-order valence-corrected chi connectivity index (χ4v) is 2.19. The highest BCUT2D eigenvalue weighted by Crippen LogP contribution is 2.21. The first-order chi connectivity index (χ1) is 11.2. The number of carbonyl (C=O) groups is 3. The molecular weight excluding hydrogens is 324 g/mol. The lowest BCUT2D eigenvalue weighted by Crippen LogP contribution is -2.44. The molecule has 1 saturated heterocycles. The molecule has 130 valence electrons. The van der Waals surface area contributed by atoms with E-state index in [4.69, 9.17) is 0 Å². The van der Waals surface area contributed by atoms with Crippen LogP contribution in [0.4, 0.5) is 19.3 Å². The lowest BCUT2D eigenvalue weighted by Gasteiger charge is -2.19. The second kappa shape index (κ2) is 6.81. The minimum Gasteiger partial charge on any atom is -0.435 e. The van der Waals surface area contributed by atoms with E-state index in [1.54, 1.807) is 13.8 Å². The summed E-state index contributed by atoms with van der Waals surface area (Å²) in [6, 6.07) is 4.66. The molecular formula is C15H17F2N3O4. The Bertz CT molecular complexity index is 651. The quantitative estimate of drug-likeness (QED) is 0.774. The van der Waals surface area contributed by atoms with E-state index < -0.39 is 36.5 Å². The van der Waals surface area contributed by atoms with E-state index >= 15 is 0 Å². The van der Waals surface area contributed by atoms with Gasteiger partial charge in [-0.3, -0.25) is 14.5 Å². The molecule has 4 amide bonds. The van der Waals surface area contributed by atoms with Gasteiger partial charge in [-0.25, -0.2) is 4.79 Å². The van der Waals surface area contributed by atoms with Gasteiger partial charge >= 0.3 is 12.6 Å². The summed E-state index contributed by atoms with van der Waals surface area (Å²) in [6.45, 7) is -0.0225. The molecule has 0 aromatic heterocycles. The van der Waals surface area contributed by atoms with E-state index in [0.717, 1.165) is 4.90 Å². The Labute approximate surface area is 136 Å². The largest absolute Gasteiger partial charge is 0.435 e. The van der Waals surface area contributed by atoms with Gasteiger partial charge in [0.05, 0.1) is 0 Å². The van der Waals surface area contributed by atoms with Crippen LogP contribution in [0.5, 0.6) is 5.75 Å². The molecule has 24 heavy (non-hydrogen) atoms. The number of amides is 4. The van der Waals surface area contributed by atoms with E-state index in [-0.39, 0.29) is 5.75 Å². The van der Waals surface area contributed by atoms with Crippen molar-refractivity contribution in [2.24, 2.45) is 0 Å². The predicted molar refractivity (Wildman–Crippen MR) is 80.6 cm³/mol. The molecule has 1 aliphatic heterocycles. The second-order valence-electron chi connectivity index (χ2n) is 5.46. The normalized spacial score (nSPS) is 20.3. The van der Waals surface area contributed by atoms with Gasteiger partial charge in [0.1, 0.15) is 17.8 Å². The van der Waals surface area contributed by atoms with Crippen LogP contribution in [-0.2, 0) is 9.59 Å². The maximum Gasteiger partial charge on any atom is 0.387 e. The van der Waals surface area contributed by atoms with Crippen molar-refractivity contribution in [1.82, 2.24) is 10.2 Å². The molecule has 2 rings (SSSR count). The maximum absolute atomic E-state index is 12.2. The Morgan fingerprint density at radius 2 is 1.96 bits per heavy atom. The predicted octanol–water partition coefficient (Wildman–Crippen LogP) is 1.95. The van der Waals surface area contributed by atoms with Crippen molar-refractivity contribution in [2.75, 3.05) is 11.9 Å². The lowest BCUT2D eigenvalue weighted by molar-refractivity contribution is -0.133. The van der Waals surface area contributed by atoms with Crippen molar-refractivity contribution < 1.29 is 27.9 Å². The number of alkyl halides is 2. The minimum absolute atomic E-state index is 0.0455. The number of benzene rings is 1. The number of hydrogen-bond acceptors (Lipinski definition) is 4. The van der Waals surface area contributed by atoms with E-state index in [0.29, 0.717) is 12.1 Å². The van der Waals surface area contributed by atoms with Gasteiger partial charge in [-0.1, -0.05) is 6.92 Å². The molecule has 1 atom stereocenters. The van der Waals surface area contributed by atoms with Crippen LogP contribution in [0.25, 0.3) is 0 Å². The summed E-state index contributed by atoms with van der Waals surface area (Å²) in [5.41, 5.74) is -0.682. The minimum atomic E-state index is -2.93. The van der Waals surface area contributed by atoms with Crippen LogP contribution in [-0.4, -0.2) is 41.4 Å². The Balaban J connectivity index is 1.96. The van der Waals surface area contributed by atoms with Gasteiger partial charge in [-0.05, 0) is 37.6 Å². The average Bonchev–Trinajstić information content (AvgIpc) is 2.73. The van der Waals surface area contributed by atoms with Crippen LogP contribution in [0.15, 0.2) is 24.3 Å². The molecule has 1 heterocycles. The molecule has 1 aromatic carbocycles. The summed E-state index contributed by atoms with van der Waals surface area (Å²) in [6.07, 6.45) is 0.404. The number of imide groups is 1. The van der Waals surface area contributed by atoms with Gasteiger partial charge in [0.2, 0.25) is 5.91 Å². The van der Waals surface area contributed by atoms with Crippen molar-refractivity contribution in [2.45, 2.75) is 32.4 Å². The molecule has 1 aliphatic rings. The van der Waals surface area contributed by atoms with Crippen molar-refractivity contribution >= 4 is 23.5 Å². The zero-order valence-corrected chi connectivity index (χ0v) is 13.1. The Morgan fingerprint density at radius 3 is 2.46 bits per heavy atom. The Morgan fingerprint density at radius 1 is 1.33 bits per heavy atom. The average molecular weight is 341 g/mol. The number of ether oxygens (including phenoxy) is 1. The smallest absolute Gasteiger partial charge is 0.387 e. The Kier molecular flexibility index (Phi) is 5.01. The van der Waals surface area contributed by atoms with Gasteiger partial charge in [-0.2, -0.15) is 8.78 Å². The zero-order chi connectivity index (χ0) is 17.9. The first-order valence-electron chi connectivity index (χ1n) is 7.24. The van der Waals surface area contributed by atoms with E-state index in [2.05, 4.69) is 15.4 Å². The first kappa shape index (κ1) is 17.6. The van der Waals surface area contributed by atoms with Gasteiger partial charge in [0, 0.05) is 5.69 Å². The van der Waals surface area contributed by atoms with Gasteiger partial charge < -0.3 is 15.4 Å². The molecule has 0 aliphatic carbocycles. The lowest BCUT2D eigenvalue weighted by atomic mass is 9.99. The summed E-state index contributed by atoms with van der Waals surface area (Å²) in [5.74, 6) is -1.09. The molecule has 0 unspecified atom stereocenters. The molecule has 0 bridgehead atoms. The van der Waals surface area contributed by atoms with Crippen LogP contribution in [0, 0.1) is 0 Å². The molecule has 1 aromatic rings. The molecule has 0 spiro atoms. The molecule has 0 saturated carbocycles. The number of carbonyl (C=O) groups excluding carboxylic acids is 3. The van der Waals surface area contributed by atoms with E-state index in [9.17, 15) is 23.2 Å². The van der Waals surface area contributed by atoms with Crippen LogP contribution < -0.4 is 15.4 Å². The van der Waals surface area contributed by atoms with Crippen LogP contribution in [0.1, 0.15) is 20.3 Å². The summed E-state index contributed by atoms with van der Waals surface area (Å²) >= 11 is 0. The number of hydrogen-bond donors (Lipinski definition) is 2. The molecule has 9 heteroatoms. The highest BCUT2D eigenvalue weighted by atomic mass is 19.3. The fraction of sp³-hybridized carbons (Fsp3) is 0.400. The summed E-state index contributed by atoms with van der Waals surface area (Å²) < 4.78 is 28.3. The van der Waals surface area contributed by atoms with E-state index in [1.165, 1.54) is 24.3 Å². The third-order valence-electron chi connectivity index (χ3n) is 3.72. The molecule has 2 N–H and O–H groups in total. The van der Waals surface area contributed by atoms with Gasteiger partial charge in [-0.15, -0.1) is 0 Å². The number of rotatable bonds is 6. The monoisotopic (exact) mass is 341 g/mol. The van der Waals surface area contributed by atoms with Crippen molar-refractivity contribution in [3.8, 4) is 5.75 Å². The molecule has 7 nitrogen and oxygen atoms in total. The third kappa shape index (κ3) is 3.79. The van der Waals surface area contributed by atoms with Crippen molar-refractivity contribution in [1.29, 1.82) is 0 Å². The Hall–Kier alpha value is -2.71. The number of nitrogens with one attached hydrogen (secondary N) is 2. The summed E-state index contributed by atoms with van der Waals surface area (Å²) in [7, 11) is 0. The highest BCUT2D eigenvalue weighted by molar-refractivity contribution is 6.09. The zero-order valence-electron chi connectivity index (χ0n) is 13.1. The van der Waals surface area contributed by atoms with Gasteiger partial charge in [0.15, 0.2) is 0 Å². The number of urea groups is 1. The first-order valence-corrected chi connectivity index (χ1v) is 7.24. The van der Waals surface area contributed by atoms with Crippen molar-refractivity contribution in [3.05, 3.63) is 24.3 Å². The van der Waals surface area contributed by atoms with Gasteiger partial charge in [0.25, 0.3) is 5.91 Å². The highest BCUT2D eigenvalue weighted by Gasteiger charge is 2.46. The number of halogens is 2. The second-order valence-corrected chi connectivity index (χ2v) is 5.46. The number of nitrogens with zero attached hydrogens (tertiary/aromatic N) is 1. The van der Waals surface area contributed by atoms with E-state index in [1.807, 2.05) is 0 Å². The summed E-state index contributed by atoms with van der Waals surface area (Å²) in [5, 5.41) is 5.02. The number of anilines is 1. The maximum atomic E-state index is 12.2. The van der Waals surface area contributed by atoms with Crippen LogP contribution in [0.2, 0.25) is 0 Å². The fourth-order valence-electron chi connectivity index (χ4n) is 2.19. The topological polar surface area (TPSA) is 87.7 Å². The standard InChI is InChI=1S/C15H17F2N3O4/c1-3-15(2)12(22)20(14(23)19-15)8-11(21)18-9-4-6-10(7-5-9)24-13(16)17/h4-7,13H,3,8H2,1-2H3,(H,18,21)(H,19,23)/t15-/m1/s1. The van der Waals surface area contributed by atoms with Crippen molar-refractivity contribution in [3.63, 3.8) is 0 Å². The molecule has 0 radical (unpaired) electrons. The SMILES string of the molecule is CC[C@@]1(C)NC(=O)N(CC(=O)Nc2ccc(OC(F)F)cc2)C1=O. The van der Waals surface area contributed by atoms with Crippen LogP contribution in [0.3, 0.4) is 0 Å². The molecule has 1 fully saturated rings.